The molecule has 1 amide bonds. The first-order chi connectivity index (χ1) is 10.2. The molecule has 1 fully saturated rings. The van der Waals surface area contributed by atoms with E-state index in [1.165, 1.54) is 18.4 Å². The minimum atomic E-state index is 0.0544. The lowest BCUT2D eigenvalue weighted by molar-refractivity contribution is -0.117. The predicted molar refractivity (Wildman–Crippen MR) is 87.6 cm³/mol. The van der Waals surface area contributed by atoms with Gasteiger partial charge >= 0.3 is 0 Å². The van der Waals surface area contributed by atoms with Crippen molar-refractivity contribution < 1.29 is 4.79 Å². The Bertz CT molecular complexity index is 438. The van der Waals surface area contributed by atoms with E-state index in [1.807, 2.05) is 19.2 Å². The van der Waals surface area contributed by atoms with E-state index < -0.39 is 0 Å². The Morgan fingerprint density at radius 3 is 2.76 bits per heavy atom. The summed E-state index contributed by atoms with van der Waals surface area (Å²) in [6.45, 7) is 4.65. The Morgan fingerprint density at radius 1 is 1.38 bits per heavy atom. The average Bonchev–Trinajstić information content (AvgIpc) is 2.93. The largest absolute Gasteiger partial charge is 0.325 e. The van der Waals surface area contributed by atoms with Crippen LogP contribution in [0.1, 0.15) is 31.7 Å². The Morgan fingerprint density at radius 2 is 2.14 bits per heavy atom. The van der Waals surface area contributed by atoms with Crippen LogP contribution in [0.2, 0.25) is 0 Å². The molecule has 1 aliphatic heterocycles. The highest BCUT2D eigenvalue weighted by molar-refractivity contribution is 5.92. The first kappa shape index (κ1) is 16.0. The maximum atomic E-state index is 12.0. The number of anilines is 1. The molecule has 116 valence electrons. The third kappa shape index (κ3) is 5.48. The molecule has 2 rings (SSSR count). The van der Waals surface area contributed by atoms with Gasteiger partial charge < -0.3 is 10.6 Å². The van der Waals surface area contributed by atoms with Gasteiger partial charge in [0.1, 0.15) is 0 Å². The molecule has 1 unspecified atom stereocenters. The lowest BCUT2D eigenvalue weighted by atomic mass is 10.1. The third-order valence-corrected chi connectivity index (χ3v) is 3.88. The zero-order valence-corrected chi connectivity index (χ0v) is 13.2. The molecular weight excluding hydrogens is 262 g/mol. The van der Waals surface area contributed by atoms with Crippen molar-refractivity contribution in [3.05, 3.63) is 29.8 Å². The van der Waals surface area contributed by atoms with E-state index in [0.29, 0.717) is 12.6 Å². The second kappa shape index (κ2) is 8.15. The maximum absolute atomic E-state index is 12.0. The number of rotatable bonds is 7. The van der Waals surface area contributed by atoms with Crippen LogP contribution in [0.4, 0.5) is 5.69 Å². The zero-order chi connectivity index (χ0) is 15.1. The topological polar surface area (TPSA) is 44.4 Å². The molecule has 2 N–H and O–H groups in total. The molecule has 1 aromatic rings. The number of benzene rings is 1. The number of nitrogens with zero attached hydrogens (tertiary/aromatic N) is 1. The Balaban J connectivity index is 1.75. The van der Waals surface area contributed by atoms with Gasteiger partial charge in [-0.05, 0) is 50.6 Å². The van der Waals surface area contributed by atoms with Crippen molar-refractivity contribution in [3.63, 3.8) is 0 Å². The summed E-state index contributed by atoms with van der Waals surface area (Å²) in [4.78, 5) is 14.1. The fourth-order valence-corrected chi connectivity index (χ4v) is 2.84. The summed E-state index contributed by atoms with van der Waals surface area (Å²) in [6, 6.07) is 8.69. The number of likely N-dealkylation sites (N-methyl/N-ethyl adjacent to an activating group) is 1. The minimum Gasteiger partial charge on any atom is -0.325 e. The van der Waals surface area contributed by atoms with E-state index in [-0.39, 0.29) is 5.91 Å². The number of hydrogen-bond donors (Lipinski definition) is 2. The molecule has 0 radical (unpaired) electrons. The van der Waals surface area contributed by atoms with Crippen LogP contribution in [0.5, 0.6) is 0 Å². The summed E-state index contributed by atoms with van der Waals surface area (Å²) < 4.78 is 0. The number of carbonyl (C=O) groups is 1. The van der Waals surface area contributed by atoms with E-state index in [4.69, 9.17) is 0 Å². The fourth-order valence-electron chi connectivity index (χ4n) is 2.84. The van der Waals surface area contributed by atoms with Gasteiger partial charge in [-0.3, -0.25) is 9.69 Å². The smallest absolute Gasteiger partial charge is 0.238 e. The molecule has 1 heterocycles. The van der Waals surface area contributed by atoms with Gasteiger partial charge in [0.2, 0.25) is 5.91 Å². The van der Waals surface area contributed by atoms with Crippen molar-refractivity contribution in [2.75, 3.05) is 32.0 Å². The van der Waals surface area contributed by atoms with Crippen molar-refractivity contribution >= 4 is 11.6 Å². The number of hydrogen-bond acceptors (Lipinski definition) is 3. The third-order valence-electron chi connectivity index (χ3n) is 3.88. The Labute approximate surface area is 127 Å². The van der Waals surface area contributed by atoms with Gasteiger partial charge in [0.05, 0.1) is 6.54 Å². The Hall–Kier alpha value is -1.39. The standard InChI is InChI=1S/C17H27N3O/c1-3-5-14-7-9-15(10-8-14)19-17(21)13-20(2)12-16-6-4-11-18-16/h7-10,16,18H,3-6,11-13H2,1-2H3,(H,19,21). The van der Waals surface area contributed by atoms with Gasteiger partial charge in [0.15, 0.2) is 0 Å². The van der Waals surface area contributed by atoms with Crippen LogP contribution in [0.15, 0.2) is 24.3 Å². The van der Waals surface area contributed by atoms with E-state index in [9.17, 15) is 4.79 Å². The Kier molecular flexibility index (Phi) is 6.21. The van der Waals surface area contributed by atoms with Crippen molar-refractivity contribution in [1.82, 2.24) is 10.2 Å². The van der Waals surface area contributed by atoms with Crippen LogP contribution >= 0.6 is 0 Å². The lowest BCUT2D eigenvalue weighted by Gasteiger charge is -2.20. The minimum absolute atomic E-state index is 0.0544. The SMILES string of the molecule is CCCc1ccc(NC(=O)CN(C)CC2CCCN2)cc1. The maximum Gasteiger partial charge on any atom is 0.238 e. The van der Waals surface area contributed by atoms with Gasteiger partial charge in [-0.1, -0.05) is 25.5 Å². The second-order valence-electron chi connectivity index (χ2n) is 5.99. The highest BCUT2D eigenvalue weighted by atomic mass is 16.2. The van der Waals surface area contributed by atoms with Crippen LogP contribution in [-0.4, -0.2) is 43.5 Å². The molecule has 0 aliphatic carbocycles. The predicted octanol–water partition coefficient (Wildman–Crippen LogP) is 2.26. The van der Waals surface area contributed by atoms with Crippen molar-refractivity contribution in [1.29, 1.82) is 0 Å². The molecule has 1 atom stereocenters. The first-order valence-electron chi connectivity index (χ1n) is 7.98. The number of nitrogens with one attached hydrogen (secondary N) is 2. The van der Waals surface area contributed by atoms with Gasteiger partial charge in [0, 0.05) is 18.3 Å². The van der Waals surface area contributed by atoms with Crippen LogP contribution in [0.3, 0.4) is 0 Å². The molecule has 0 spiro atoms. The van der Waals surface area contributed by atoms with E-state index in [2.05, 4.69) is 34.6 Å². The molecule has 0 bridgehead atoms. The molecule has 1 saturated heterocycles. The fraction of sp³-hybridized carbons (Fsp3) is 0.588. The van der Waals surface area contributed by atoms with Crippen molar-refractivity contribution in [2.24, 2.45) is 0 Å². The van der Waals surface area contributed by atoms with E-state index in [1.54, 1.807) is 0 Å². The second-order valence-corrected chi connectivity index (χ2v) is 5.99. The normalized spacial score (nSPS) is 18.1. The molecule has 4 nitrogen and oxygen atoms in total. The van der Waals surface area contributed by atoms with Crippen molar-refractivity contribution in [2.45, 2.75) is 38.6 Å². The molecule has 0 aromatic heterocycles. The van der Waals surface area contributed by atoms with Crippen molar-refractivity contribution in [3.8, 4) is 0 Å². The first-order valence-corrected chi connectivity index (χ1v) is 7.98. The average molecular weight is 289 g/mol. The summed E-state index contributed by atoms with van der Waals surface area (Å²) in [5.74, 6) is 0.0544. The van der Waals surface area contributed by atoms with E-state index >= 15 is 0 Å². The van der Waals surface area contributed by atoms with Gasteiger partial charge in [-0.25, -0.2) is 0 Å². The molecule has 4 heteroatoms. The summed E-state index contributed by atoms with van der Waals surface area (Å²) >= 11 is 0. The highest BCUT2D eigenvalue weighted by Gasteiger charge is 2.17. The summed E-state index contributed by atoms with van der Waals surface area (Å²) in [5.41, 5.74) is 2.20. The highest BCUT2D eigenvalue weighted by Crippen LogP contribution is 2.11. The number of aryl methyl sites for hydroxylation is 1. The van der Waals surface area contributed by atoms with Crippen LogP contribution in [-0.2, 0) is 11.2 Å². The monoisotopic (exact) mass is 289 g/mol. The number of carbonyl (C=O) groups excluding carboxylic acids is 1. The summed E-state index contributed by atoms with van der Waals surface area (Å²) in [7, 11) is 2.00. The van der Waals surface area contributed by atoms with Gasteiger partial charge in [-0.15, -0.1) is 0 Å². The number of amides is 1. The zero-order valence-electron chi connectivity index (χ0n) is 13.2. The van der Waals surface area contributed by atoms with Gasteiger partial charge in [0.25, 0.3) is 0 Å². The van der Waals surface area contributed by atoms with E-state index in [0.717, 1.165) is 31.6 Å². The molecule has 1 aliphatic rings. The summed E-state index contributed by atoms with van der Waals surface area (Å²) in [5, 5.41) is 6.42. The molecular formula is C17H27N3O. The molecule has 0 saturated carbocycles. The molecule has 21 heavy (non-hydrogen) atoms. The summed E-state index contributed by atoms with van der Waals surface area (Å²) in [6.07, 6.45) is 4.69. The lowest BCUT2D eigenvalue weighted by Crippen LogP contribution is -2.39. The van der Waals surface area contributed by atoms with Gasteiger partial charge in [-0.2, -0.15) is 0 Å². The van der Waals surface area contributed by atoms with Crippen LogP contribution < -0.4 is 10.6 Å². The van der Waals surface area contributed by atoms with Crippen LogP contribution in [0, 0.1) is 0 Å². The molecule has 1 aromatic carbocycles. The quantitative estimate of drug-likeness (QED) is 0.809. The van der Waals surface area contributed by atoms with Crippen LogP contribution in [0.25, 0.3) is 0 Å².